The maximum Gasteiger partial charge on any atom is 0.123 e. The first kappa shape index (κ1) is 13.4. The smallest absolute Gasteiger partial charge is 0.123 e. The van der Waals surface area contributed by atoms with Gasteiger partial charge in [-0.2, -0.15) is 0 Å². The Kier molecular flexibility index (Phi) is 4.61. The number of hydrogen-bond donors (Lipinski definition) is 1. The first-order chi connectivity index (χ1) is 8.74. The number of methoxy groups -OCH3 is 1. The summed E-state index contributed by atoms with van der Waals surface area (Å²) in [6.07, 6.45) is 2.66. The minimum atomic E-state index is 0.383. The van der Waals surface area contributed by atoms with Gasteiger partial charge in [-0.25, -0.2) is 0 Å². The Morgan fingerprint density at radius 1 is 1.33 bits per heavy atom. The molecular weight excluding hydrogens is 224 g/mol. The van der Waals surface area contributed by atoms with E-state index in [1.807, 2.05) is 7.05 Å². The van der Waals surface area contributed by atoms with E-state index in [-0.39, 0.29) is 0 Å². The molecule has 1 unspecified atom stereocenters. The molecule has 0 saturated carbocycles. The monoisotopic (exact) mass is 248 g/mol. The normalized spacial score (nSPS) is 17.9. The molecule has 0 aliphatic carbocycles. The summed E-state index contributed by atoms with van der Waals surface area (Å²) in [6, 6.07) is 6.90. The van der Waals surface area contributed by atoms with Crippen LogP contribution in [0.15, 0.2) is 18.2 Å². The van der Waals surface area contributed by atoms with Crippen LogP contribution in [0.4, 0.5) is 0 Å². The van der Waals surface area contributed by atoms with Gasteiger partial charge in [0.2, 0.25) is 0 Å². The highest BCUT2D eigenvalue weighted by Crippen LogP contribution is 2.25. The van der Waals surface area contributed by atoms with E-state index in [1.165, 1.54) is 37.1 Å². The van der Waals surface area contributed by atoms with Crippen LogP contribution in [0.5, 0.6) is 5.75 Å². The molecule has 0 bridgehead atoms. The molecule has 1 atom stereocenters. The molecule has 3 heteroatoms. The highest BCUT2D eigenvalue weighted by Gasteiger charge is 2.15. The third-order valence-electron chi connectivity index (χ3n) is 3.83. The lowest BCUT2D eigenvalue weighted by Crippen LogP contribution is -2.19. The van der Waals surface area contributed by atoms with Gasteiger partial charge < -0.3 is 10.1 Å². The van der Waals surface area contributed by atoms with Gasteiger partial charge in [-0.05, 0) is 57.6 Å². The maximum absolute atomic E-state index is 5.48. The predicted molar refractivity (Wildman–Crippen MR) is 75.0 cm³/mol. The standard InChI is InChI=1S/C15H24N2O/c1-12(16-2)13-6-7-15(18-3)14(10-13)11-17-8-4-5-9-17/h6-7,10,12,16H,4-5,8-9,11H2,1-3H3. The number of ether oxygens (including phenoxy) is 1. The summed E-state index contributed by atoms with van der Waals surface area (Å²) in [5.74, 6) is 1.01. The van der Waals surface area contributed by atoms with E-state index >= 15 is 0 Å². The molecule has 1 N–H and O–H groups in total. The molecule has 2 rings (SSSR count). The minimum absolute atomic E-state index is 0.383. The summed E-state index contributed by atoms with van der Waals surface area (Å²) in [5.41, 5.74) is 2.63. The summed E-state index contributed by atoms with van der Waals surface area (Å²) in [4.78, 5) is 2.51. The summed E-state index contributed by atoms with van der Waals surface area (Å²) in [7, 11) is 3.75. The summed E-state index contributed by atoms with van der Waals surface area (Å²) in [6.45, 7) is 5.62. The minimum Gasteiger partial charge on any atom is -0.496 e. The van der Waals surface area contributed by atoms with Crippen LogP contribution < -0.4 is 10.1 Å². The zero-order chi connectivity index (χ0) is 13.0. The lowest BCUT2D eigenvalue weighted by atomic mass is 10.0. The Hall–Kier alpha value is -1.06. The third kappa shape index (κ3) is 3.03. The molecule has 1 aliphatic rings. The van der Waals surface area contributed by atoms with Crippen molar-refractivity contribution < 1.29 is 4.74 Å². The Morgan fingerprint density at radius 2 is 2.06 bits per heavy atom. The van der Waals surface area contributed by atoms with Crippen molar-refractivity contribution in [3.8, 4) is 5.75 Å². The number of likely N-dealkylation sites (tertiary alicyclic amines) is 1. The van der Waals surface area contributed by atoms with E-state index in [0.717, 1.165) is 12.3 Å². The average molecular weight is 248 g/mol. The second-order valence-electron chi connectivity index (χ2n) is 5.06. The van der Waals surface area contributed by atoms with Crippen molar-refractivity contribution in [3.63, 3.8) is 0 Å². The van der Waals surface area contributed by atoms with Crippen LogP contribution in [0.2, 0.25) is 0 Å². The zero-order valence-corrected chi connectivity index (χ0v) is 11.7. The number of benzene rings is 1. The Balaban J connectivity index is 2.18. The predicted octanol–water partition coefficient (Wildman–Crippen LogP) is 2.57. The van der Waals surface area contributed by atoms with Crippen molar-refractivity contribution in [1.29, 1.82) is 0 Å². The van der Waals surface area contributed by atoms with Crippen LogP contribution in [0.3, 0.4) is 0 Å². The largest absolute Gasteiger partial charge is 0.496 e. The van der Waals surface area contributed by atoms with Crippen molar-refractivity contribution in [2.24, 2.45) is 0 Å². The fourth-order valence-corrected chi connectivity index (χ4v) is 2.54. The van der Waals surface area contributed by atoms with Gasteiger partial charge in [0, 0.05) is 18.2 Å². The van der Waals surface area contributed by atoms with E-state index in [9.17, 15) is 0 Å². The van der Waals surface area contributed by atoms with Gasteiger partial charge >= 0.3 is 0 Å². The molecular formula is C15H24N2O. The number of nitrogens with one attached hydrogen (secondary N) is 1. The van der Waals surface area contributed by atoms with Gasteiger partial charge in [-0.3, -0.25) is 4.90 Å². The maximum atomic E-state index is 5.48. The van der Waals surface area contributed by atoms with E-state index in [4.69, 9.17) is 4.74 Å². The molecule has 0 aromatic heterocycles. The molecule has 1 fully saturated rings. The molecule has 0 radical (unpaired) electrons. The van der Waals surface area contributed by atoms with Gasteiger partial charge in [0.1, 0.15) is 5.75 Å². The van der Waals surface area contributed by atoms with Crippen LogP contribution in [0.1, 0.15) is 36.9 Å². The van der Waals surface area contributed by atoms with Crippen molar-refractivity contribution in [2.45, 2.75) is 32.4 Å². The first-order valence-corrected chi connectivity index (χ1v) is 6.81. The quantitative estimate of drug-likeness (QED) is 0.866. The molecule has 1 aromatic carbocycles. The topological polar surface area (TPSA) is 24.5 Å². The van der Waals surface area contributed by atoms with Gasteiger partial charge in [0.05, 0.1) is 7.11 Å². The van der Waals surface area contributed by atoms with E-state index in [2.05, 4.69) is 35.3 Å². The van der Waals surface area contributed by atoms with Crippen LogP contribution in [0, 0.1) is 0 Å². The third-order valence-corrected chi connectivity index (χ3v) is 3.83. The van der Waals surface area contributed by atoms with Gasteiger partial charge in [0.25, 0.3) is 0 Å². The molecule has 18 heavy (non-hydrogen) atoms. The van der Waals surface area contributed by atoms with Crippen molar-refractivity contribution >= 4 is 0 Å². The highest BCUT2D eigenvalue weighted by molar-refractivity contribution is 5.38. The number of hydrogen-bond acceptors (Lipinski definition) is 3. The zero-order valence-electron chi connectivity index (χ0n) is 11.7. The van der Waals surface area contributed by atoms with Crippen molar-refractivity contribution in [2.75, 3.05) is 27.2 Å². The molecule has 1 heterocycles. The average Bonchev–Trinajstić information content (AvgIpc) is 2.90. The number of nitrogens with zero attached hydrogens (tertiary/aromatic N) is 1. The second kappa shape index (κ2) is 6.21. The van der Waals surface area contributed by atoms with Crippen LogP contribution in [0.25, 0.3) is 0 Å². The summed E-state index contributed by atoms with van der Waals surface area (Å²) >= 11 is 0. The fraction of sp³-hybridized carbons (Fsp3) is 0.600. The first-order valence-electron chi connectivity index (χ1n) is 6.81. The summed E-state index contributed by atoms with van der Waals surface area (Å²) < 4.78 is 5.48. The highest BCUT2D eigenvalue weighted by atomic mass is 16.5. The molecule has 100 valence electrons. The molecule has 1 aliphatic heterocycles. The van der Waals surface area contributed by atoms with Gasteiger partial charge in [-0.1, -0.05) is 6.07 Å². The second-order valence-corrected chi connectivity index (χ2v) is 5.06. The Bertz CT molecular complexity index is 386. The molecule has 1 aromatic rings. The fourth-order valence-electron chi connectivity index (χ4n) is 2.54. The van der Waals surface area contributed by atoms with Crippen LogP contribution in [-0.4, -0.2) is 32.1 Å². The van der Waals surface area contributed by atoms with E-state index in [1.54, 1.807) is 7.11 Å². The van der Waals surface area contributed by atoms with Crippen molar-refractivity contribution in [3.05, 3.63) is 29.3 Å². The Labute approximate surface area is 110 Å². The van der Waals surface area contributed by atoms with E-state index in [0.29, 0.717) is 6.04 Å². The molecule has 1 saturated heterocycles. The van der Waals surface area contributed by atoms with Crippen LogP contribution >= 0.6 is 0 Å². The van der Waals surface area contributed by atoms with Gasteiger partial charge in [0.15, 0.2) is 0 Å². The van der Waals surface area contributed by atoms with E-state index < -0.39 is 0 Å². The molecule has 3 nitrogen and oxygen atoms in total. The summed E-state index contributed by atoms with van der Waals surface area (Å²) in [5, 5.41) is 3.29. The SMILES string of the molecule is CNC(C)c1ccc(OC)c(CN2CCCC2)c1. The lowest BCUT2D eigenvalue weighted by Gasteiger charge is -2.19. The number of rotatable bonds is 5. The van der Waals surface area contributed by atoms with Crippen molar-refractivity contribution in [1.82, 2.24) is 10.2 Å². The van der Waals surface area contributed by atoms with Gasteiger partial charge in [-0.15, -0.1) is 0 Å². The lowest BCUT2D eigenvalue weighted by molar-refractivity contribution is 0.320. The Morgan fingerprint density at radius 3 is 2.67 bits per heavy atom. The molecule has 0 spiro atoms. The van der Waals surface area contributed by atoms with Crippen LogP contribution in [-0.2, 0) is 6.54 Å². The molecule has 0 amide bonds.